The number of para-hydroxylation sites is 1. The number of rotatable bonds is 6. The second-order valence-electron chi connectivity index (χ2n) is 4.50. The minimum atomic E-state index is -0.337. The smallest absolute Gasteiger partial charge is 0.203 e. The first-order valence-electron chi connectivity index (χ1n) is 6.68. The lowest BCUT2D eigenvalue weighted by molar-refractivity contribution is -0.112. The Bertz CT molecular complexity index is 701. The first-order chi connectivity index (χ1) is 10.7. The number of methoxy groups -OCH3 is 1. The number of nitrogens with one attached hydrogen (secondary N) is 1. The van der Waals surface area contributed by atoms with Gasteiger partial charge in [0.1, 0.15) is 11.8 Å². The van der Waals surface area contributed by atoms with Crippen LogP contribution < -0.4 is 10.2 Å². The van der Waals surface area contributed by atoms with E-state index in [1.165, 1.54) is 0 Å². The molecule has 0 atom stereocenters. The van der Waals surface area contributed by atoms with Gasteiger partial charge in [-0.25, -0.2) is 0 Å². The highest BCUT2D eigenvalue weighted by molar-refractivity contribution is 6.46. The molecule has 2 aromatic carbocycles. The van der Waals surface area contributed by atoms with Crippen molar-refractivity contribution in [2.24, 2.45) is 5.10 Å². The molecule has 0 aromatic heterocycles. The van der Waals surface area contributed by atoms with E-state index in [0.29, 0.717) is 5.69 Å². The zero-order valence-corrected chi connectivity index (χ0v) is 12.1. The molecule has 0 unspecified atom stereocenters. The number of hydrogen-bond acceptors (Lipinski definition) is 5. The number of ether oxygens (including phenoxy) is 1. The van der Waals surface area contributed by atoms with Crippen LogP contribution in [0.4, 0.5) is 5.69 Å². The van der Waals surface area contributed by atoms with Crippen LogP contribution in [-0.2, 0) is 11.2 Å². The van der Waals surface area contributed by atoms with Gasteiger partial charge in [-0.2, -0.15) is 10.4 Å². The maximum absolute atomic E-state index is 12.1. The van der Waals surface area contributed by atoms with Gasteiger partial charge in [0.15, 0.2) is 5.78 Å². The number of hydrazone groups is 1. The molecule has 22 heavy (non-hydrogen) atoms. The summed E-state index contributed by atoms with van der Waals surface area (Å²) in [5.41, 5.74) is 4.07. The van der Waals surface area contributed by atoms with Crippen LogP contribution in [0.1, 0.15) is 5.56 Å². The van der Waals surface area contributed by atoms with Crippen molar-refractivity contribution in [1.82, 2.24) is 0 Å². The van der Waals surface area contributed by atoms with E-state index in [4.69, 9.17) is 10.00 Å². The van der Waals surface area contributed by atoms with E-state index in [2.05, 4.69) is 10.5 Å². The Balaban J connectivity index is 2.03. The molecule has 0 radical (unpaired) electrons. The fourth-order valence-electron chi connectivity index (χ4n) is 1.80. The SMILES string of the molecule is COc1ccc(CC(=O)C(C#N)=NNc2ccccc2)cc1. The minimum absolute atomic E-state index is 0.118. The average molecular weight is 293 g/mol. The molecule has 2 aromatic rings. The summed E-state index contributed by atoms with van der Waals surface area (Å²) in [7, 11) is 1.58. The summed E-state index contributed by atoms with van der Waals surface area (Å²) in [5, 5.41) is 12.9. The average Bonchev–Trinajstić information content (AvgIpc) is 2.57. The highest BCUT2D eigenvalue weighted by Gasteiger charge is 2.12. The van der Waals surface area contributed by atoms with Crippen LogP contribution in [0.5, 0.6) is 5.75 Å². The van der Waals surface area contributed by atoms with Crippen molar-refractivity contribution in [2.75, 3.05) is 12.5 Å². The van der Waals surface area contributed by atoms with Gasteiger partial charge in [0.2, 0.25) is 5.71 Å². The maximum atomic E-state index is 12.1. The molecule has 0 aliphatic heterocycles. The lowest BCUT2D eigenvalue weighted by atomic mass is 10.1. The Morgan fingerprint density at radius 3 is 2.45 bits per heavy atom. The molecule has 110 valence electrons. The third-order valence-electron chi connectivity index (χ3n) is 2.96. The number of nitrogens with zero attached hydrogens (tertiary/aromatic N) is 2. The molecule has 0 amide bonds. The molecule has 0 saturated carbocycles. The second kappa shape index (κ2) is 7.60. The second-order valence-corrected chi connectivity index (χ2v) is 4.50. The number of nitriles is 1. The van der Waals surface area contributed by atoms with Gasteiger partial charge in [-0.15, -0.1) is 0 Å². The largest absolute Gasteiger partial charge is 0.497 e. The van der Waals surface area contributed by atoms with Crippen molar-refractivity contribution in [3.8, 4) is 11.8 Å². The normalized spacial score (nSPS) is 10.6. The van der Waals surface area contributed by atoms with E-state index in [9.17, 15) is 4.79 Å². The van der Waals surface area contributed by atoms with Gasteiger partial charge >= 0.3 is 0 Å². The van der Waals surface area contributed by atoms with E-state index in [0.717, 1.165) is 11.3 Å². The van der Waals surface area contributed by atoms with Crippen LogP contribution >= 0.6 is 0 Å². The summed E-state index contributed by atoms with van der Waals surface area (Å²) in [6, 6.07) is 18.1. The number of Topliss-reactive ketones (excluding diaryl/α,β-unsaturated/α-hetero) is 1. The lowest BCUT2D eigenvalue weighted by Crippen LogP contribution is -2.16. The van der Waals surface area contributed by atoms with Gasteiger partial charge in [-0.3, -0.25) is 10.2 Å². The number of carbonyl (C=O) groups excluding carboxylic acids is 1. The van der Waals surface area contributed by atoms with Crippen LogP contribution in [0.2, 0.25) is 0 Å². The predicted octanol–water partition coefficient (Wildman–Crippen LogP) is 2.80. The van der Waals surface area contributed by atoms with Gasteiger partial charge in [-0.05, 0) is 29.8 Å². The summed E-state index contributed by atoms with van der Waals surface area (Å²) in [6.45, 7) is 0. The fourth-order valence-corrected chi connectivity index (χ4v) is 1.80. The van der Waals surface area contributed by atoms with E-state index in [1.807, 2.05) is 24.3 Å². The Labute approximate surface area is 128 Å². The van der Waals surface area contributed by atoms with Crippen molar-refractivity contribution < 1.29 is 9.53 Å². The number of ketones is 1. The van der Waals surface area contributed by atoms with Crippen LogP contribution in [0.3, 0.4) is 0 Å². The topological polar surface area (TPSA) is 74.5 Å². The molecule has 0 spiro atoms. The summed E-state index contributed by atoms with van der Waals surface area (Å²) in [5.74, 6) is 0.382. The first-order valence-corrected chi connectivity index (χ1v) is 6.68. The molecule has 0 fully saturated rings. The van der Waals surface area contributed by atoms with Crippen molar-refractivity contribution >= 4 is 17.2 Å². The molecule has 1 N–H and O–H groups in total. The van der Waals surface area contributed by atoms with Gasteiger partial charge in [0.05, 0.1) is 12.8 Å². The highest BCUT2D eigenvalue weighted by atomic mass is 16.5. The molecular formula is C17H15N3O2. The quantitative estimate of drug-likeness (QED) is 0.656. The summed E-state index contributed by atoms with van der Waals surface area (Å²) < 4.78 is 5.06. The van der Waals surface area contributed by atoms with Crippen LogP contribution in [0.25, 0.3) is 0 Å². The molecule has 0 bridgehead atoms. The summed E-state index contributed by atoms with van der Waals surface area (Å²) in [6.07, 6.45) is 0.118. The Morgan fingerprint density at radius 1 is 1.18 bits per heavy atom. The Kier molecular flexibility index (Phi) is 5.27. The van der Waals surface area contributed by atoms with Crippen molar-refractivity contribution in [1.29, 1.82) is 5.26 Å². The van der Waals surface area contributed by atoms with Crippen LogP contribution in [0.15, 0.2) is 59.7 Å². The molecule has 0 aliphatic carbocycles. The molecule has 2 rings (SSSR count). The van der Waals surface area contributed by atoms with E-state index < -0.39 is 0 Å². The minimum Gasteiger partial charge on any atom is -0.497 e. The number of anilines is 1. The van der Waals surface area contributed by atoms with E-state index >= 15 is 0 Å². The molecule has 0 heterocycles. The van der Waals surface area contributed by atoms with E-state index in [-0.39, 0.29) is 17.9 Å². The standard InChI is InChI=1S/C17H15N3O2/c1-22-15-9-7-13(8-10-15)11-17(21)16(12-18)20-19-14-5-3-2-4-6-14/h2-10,19H,11H2,1H3. The molecule has 5 heteroatoms. The third kappa shape index (κ3) is 4.18. The van der Waals surface area contributed by atoms with Crippen LogP contribution in [-0.4, -0.2) is 18.6 Å². The maximum Gasteiger partial charge on any atom is 0.203 e. The van der Waals surface area contributed by atoms with Crippen LogP contribution in [0, 0.1) is 11.3 Å². The summed E-state index contributed by atoms with van der Waals surface area (Å²) in [4.78, 5) is 12.1. The first kappa shape index (κ1) is 15.3. The predicted molar refractivity (Wildman–Crippen MR) is 84.8 cm³/mol. The number of carbonyl (C=O) groups is 1. The molecule has 0 aliphatic rings. The molecule has 5 nitrogen and oxygen atoms in total. The van der Waals surface area contributed by atoms with Gasteiger partial charge in [0.25, 0.3) is 0 Å². The summed E-state index contributed by atoms with van der Waals surface area (Å²) >= 11 is 0. The van der Waals surface area contributed by atoms with Gasteiger partial charge < -0.3 is 4.74 Å². The Hall–Kier alpha value is -3.13. The number of benzene rings is 2. The monoisotopic (exact) mass is 293 g/mol. The van der Waals surface area contributed by atoms with Crippen molar-refractivity contribution in [3.05, 3.63) is 60.2 Å². The third-order valence-corrected chi connectivity index (χ3v) is 2.96. The number of hydrogen-bond donors (Lipinski definition) is 1. The van der Waals surface area contributed by atoms with Crippen molar-refractivity contribution in [3.63, 3.8) is 0 Å². The molecule has 0 saturated heterocycles. The van der Waals surface area contributed by atoms with E-state index in [1.54, 1.807) is 43.5 Å². The zero-order chi connectivity index (χ0) is 15.8. The van der Waals surface area contributed by atoms with Gasteiger partial charge in [-0.1, -0.05) is 30.3 Å². The fraction of sp³-hybridized carbons (Fsp3) is 0.118. The van der Waals surface area contributed by atoms with Gasteiger partial charge in [0, 0.05) is 6.42 Å². The zero-order valence-electron chi connectivity index (χ0n) is 12.1. The lowest BCUT2D eigenvalue weighted by Gasteiger charge is -2.03. The Morgan fingerprint density at radius 2 is 1.86 bits per heavy atom. The highest BCUT2D eigenvalue weighted by Crippen LogP contribution is 2.12. The molecular weight excluding hydrogens is 278 g/mol. The van der Waals surface area contributed by atoms with Crippen molar-refractivity contribution in [2.45, 2.75) is 6.42 Å².